The summed E-state index contributed by atoms with van der Waals surface area (Å²) in [7, 11) is 1.55. The largest absolute Gasteiger partial charge is 0.453 e. The van der Waals surface area contributed by atoms with Gasteiger partial charge in [0.2, 0.25) is 0 Å². The van der Waals surface area contributed by atoms with Crippen LogP contribution in [-0.4, -0.2) is 19.8 Å². The zero-order chi connectivity index (χ0) is 9.78. The lowest BCUT2D eigenvalue weighted by atomic mass is 9.85. The maximum Gasteiger partial charge on any atom is 0.453 e. The third-order valence-electron chi connectivity index (χ3n) is 2.60. The van der Waals surface area contributed by atoms with Crippen molar-refractivity contribution in [1.29, 1.82) is 0 Å². The van der Waals surface area contributed by atoms with Gasteiger partial charge in [-0.25, -0.2) is 0 Å². The van der Waals surface area contributed by atoms with Gasteiger partial charge in [0, 0.05) is 7.11 Å². The molecule has 0 saturated carbocycles. The second-order valence-corrected chi connectivity index (χ2v) is 3.83. The Morgan fingerprint density at radius 1 is 1.42 bits per heavy atom. The van der Waals surface area contributed by atoms with Crippen LogP contribution in [0.5, 0.6) is 0 Å². The molecule has 1 atom stereocenters. The zero-order valence-electron chi connectivity index (χ0n) is 9.18. The van der Waals surface area contributed by atoms with Crippen molar-refractivity contribution in [1.82, 2.24) is 0 Å². The lowest BCUT2D eigenvalue weighted by Crippen LogP contribution is -2.38. The molecule has 0 aromatic rings. The Morgan fingerprint density at radius 3 is 2.25 bits per heavy atom. The highest BCUT2D eigenvalue weighted by atomic mass is 16.6. The van der Waals surface area contributed by atoms with Crippen molar-refractivity contribution in [3.8, 4) is 0 Å². The molecule has 2 nitrogen and oxygen atoms in total. The van der Waals surface area contributed by atoms with E-state index in [4.69, 9.17) is 9.31 Å². The summed E-state index contributed by atoms with van der Waals surface area (Å²) in [5.74, 6) is 0.551. The molecular formula is C9H21BO2. The van der Waals surface area contributed by atoms with Gasteiger partial charge in [0.1, 0.15) is 0 Å². The van der Waals surface area contributed by atoms with Gasteiger partial charge in [-0.15, -0.1) is 0 Å². The zero-order valence-corrected chi connectivity index (χ0v) is 9.18. The second-order valence-electron chi connectivity index (χ2n) is 3.83. The number of hydrogen-bond acceptors (Lipinski definition) is 2. The normalized spacial score (nSPS) is 14.5. The highest BCUT2D eigenvalue weighted by Crippen LogP contribution is 2.24. The smallest absolute Gasteiger partial charge is 0.414 e. The first-order valence-corrected chi connectivity index (χ1v) is 4.64. The van der Waals surface area contributed by atoms with Gasteiger partial charge in [-0.2, -0.15) is 0 Å². The first-order valence-electron chi connectivity index (χ1n) is 4.64. The van der Waals surface area contributed by atoms with E-state index in [-0.39, 0.29) is 12.7 Å². The van der Waals surface area contributed by atoms with E-state index in [9.17, 15) is 0 Å². The van der Waals surface area contributed by atoms with Gasteiger partial charge in [0.05, 0.1) is 5.60 Å². The number of hydrogen-bond donors (Lipinski definition) is 0. The molecule has 0 N–H and O–H groups in total. The average Bonchev–Trinajstić information content (AvgIpc) is 2.02. The van der Waals surface area contributed by atoms with Crippen LogP contribution in [0.2, 0.25) is 6.82 Å². The SMILES string of the molecule is CCC(C)C(C)(C)OB(C)OC. The lowest BCUT2D eigenvalue weighted by Gasteiger charge is -2.33. The Hall–Kier alpha value is -0.0151. The van der Waals surface area contributed by atoms with E-state index >= 15 is 0 Å². The van der Waals surface area contributed by atoms with Crippen LogP contribution in [0, 0.1) is 5.92 Å². The van der Waals surface area contributed by atoms with Crippen LogP contribution in [0.3, 0.4) is 0 Å². The molecule has 1 unspecified atom stereocenters. The van der Waals surface area contributed by atoms with Crippen LogP contribution in [-0.2, 0) is 9.31 Å². The number of rotatable bonds is 5. The Kier molecular flexibility index (Phi) is 4.87. The van der Waals surface area contributed by atoms with E-state index in [1.807, 2.05) is 6.82 Å². The van der Waals surface area contributed by atoms with Crippen molar-refractivity contribution in [2.45, 2.75) is 46.5 Å². The Bertz CT molecular complexity index is 126. The summed E-state index contributed by atoms with van der Waals surface area (Å²) in [5, 5.41) is 0. The molecule has 0 aliphatic carbocycles. The summed E-state index contributed by atoms with van der Waals surface area (Å²) < 4.78 is 10.8. The fourth-order valence-electron chi connectivity index (χ4n) is 1.08. The molecule has 0 aromatic carbocycles. The quantitative estimate of drug-likeness (QED) is 0.593. The highest BCUT2D eigenvalue weighted by Gasteiger charge is 2.28. The van der Waals surface area contributed by atoms with Gasteiger partial charge in [-0.3, -0.25) is 0 Å². The summed E-state index contributed by atoms with van der Waals surface area (Å²) >= 11 is 0. The predicted octanol–water partition coefficient (Wildman–Crippen LogP) is 2.59. The van der Waals surface area contributed by atoms with Crippen LogP contribution in [0.15, 0.2) is 0 Å². The molecule has 0 aromatic heterocycles. The van der Waals surface area contributed by atoms with Crippen LogP contribution in [0.1, 0.15) is 34.1 Å². The molecule has 72 valence electrons. The molecule has 12 heavy (non-hydrogen) atoms. The van der Waals surface area contributed by atoms with Gasteiger partial charge in [-0.1, -0.05) is 20.3 Å². The van der Waals surface area contributed by atoms with Gasteiger partial charge in [0.25, 0.3) is 0 Å². The fourth-order valence-corrected chi connectivity index (χ4v) is 1.08. The molecule has 0 saturated heterocycles. The predicted molar refractivity (Wildman–Crippen MR) is 53.2 cm³/mol. The second kappa shape index (κ2) is 4.88. The van der Waals surface area contributed by atoms with E-state index in [1.54, 1.807) is 7.11 Å². The van der Waals surface area contributed by atoms with Crippen LogP contribution in [0.4, 0.5) is 0 Å². The summed E-state index contributed by atoms with van der Waals surface area (Å²) in [6.07, 6.45) is 1.13. The molecule has 3 heteroatoms. The van der Waals surface area contributed by atoms with E-state index in [1.165, 1.54) is 0 Å². The minimum Gasteiger partial charge on any atom is -0.414 e. The molecule has 0 radical (unpaired) electrons. The van der Waals surface area contributed by atoms with E-state index < -0.39 is 0 Å². The Balaban J connectivity index is 4.02. The third kappa shape index (κ3) is 3.59. The van der Waals surface area contributed by atoms with Crippen molar-refractivity contribution in [3.05, 3.63) is 0 Å². The average molecular weight is 172 g/mol. The summed E-state index contributed by atoms with van der Waals surface area (Å²) in [6, 6.07) is 0. The molecule has 0 spiro atoms. The van der Waals surface area contributed by atoms with Crippen molar-refractivity contribution >= 4 is 7.12 Å². The Labute approximate surface area is 76.8 Å². The lowest BCUT2D eigenvalue weighted by molar-refractivity contribution is 0.0261. The van der Waals surface area contributed by atoms with Crippen molar-refractivity contribution in [3.63, 3.8) is 0 Å². The van der Waals surface area contributed by atoms with E-state index in [2.05, 4.69) is 27.7 Å². The minimum atomic E-state index is -0.117. The summed E-state index contributed by atoms with van der Waals surface area (Å²) in [4.78, 5) is 0. The molecular weight excluding hydrogens is 151 g/mol. The van der Waals surface area contributed by atoms with Gasteiger partial charge >= 0.3 is 7.12 Å². The summed E-state index contributed by atoms with van der Waals surface area (Å²) in [6.45, 7) is 10.5. The Morgan fingerprint density at radius 2 is 1.92 bits per heavy atom. The fraction of sp³-hybridized carbons (Fsp3) is 1.00. The molecule has 0 bridgehead atoms. The maximum absolute atomic E-state index is 5.72. The molecule has 0 rings (SSSR count). The monoisotopic (exact) mass is 172 g/mol. The molecule has 0 heterocycles. The summed E-state index contributed by atoms with van der Waals surface area (Å²) in [5.41, 5.74) is -0.0931. The molecule has 0 amide bonds. The highest BCUT2D eigenvalue weighted by molar-refractivity contribution is 6.42. The van der Waals surface area contributed by atoms with Crippen molar-refractivity contribution < 1.29 is 9.31 Å². The van der Waals surface area contributed by atoms with Crippen LogP contribution >= 0.6 is 0 Å². The van der Waals surface area contributed by atoms with Gasteiger partial charge in [-0.05, 0) is 26.6 Å². The van der Waals surface area contributed by atoms with Gasteiger partial charge in [0.15, 0.2) is 0 Å². The standard InChI is InChI=1S/C9H21BO2/c1-7-8(2)9(3,4)12-10(5)11-6/h8H,7H2,1-6H3. The first-order chi connectivity index (χ1) is 5.44. The van der Waals surface area contributed by atoms with Crippen LogP contribution in [0.25, 0.3) is 0 Å². The minimum absolute atomic E-state index is 0.0931. The van der Waals surface area contributed by atoms with Crippen molar-refractivity contribution in [2.75, 3.05) is 7.11 Å². The van der Waals surface area contributed by atoms with Crippen LogP contribution < -0.4 is 0 Å². The third-order valence-corrected chi connectivity index (χ3v) is 2.60. The molecule has 0 fully saturated rings. The molecule has 0 aliphatic heterocycles. The maximum atomic E-state index is 5.72. The molecule has 0 aliphatic rings. The van der Waals surface area contributed by atoms with E-state index in [0.717, 1.165) is 6.42 Å². The first kappa shape index (κ1) is 12.0. The van der Waals surface area contributed by atoms with Crippen molar-refractivity contribution in [2.24, 2.45) is 5.92 Å². The topological polar surface area (TPSA) is 18.5 Å². The van der Waals surface area contributed by atoms with E-state index in [0.29, 0.717) is 5.92 Å². The van der Waals surface area contributed by atoms with Gasteiger partial charge < -0.3 is 9.31 Å².